The zero-order valence-electron chi connectivity index (χ0n) is 16.1. The van der Waals surface area contributed by atoms with Gasteiger partial charge in [-0.1, -0.05) is 0 Å². The summed E-state index contributed by atoms with van der Waals surface area (Å²) in [6.45, 7) is 3.53. The van der Waals surface area contributed by atoms with E-state index in [1.54, 1.807) is 29.5 Å². The molecule has 10 heteroatoms. The van der Waals surface area contributed by atoms with Gasteiger partial charge in [0.15, 0.2) is 17.1 Å². The standard InChI is InChI=1S/C18H21N9O/c1-11-4-5-14-20-21-16(27(14)22-11)12-6-8-26(9-7-12)18-19-15-13(10-24(2)23-15)17(28)25(18)3/h4-5,10,12H,6-9H2,1-3H3. The van der Waals surface area contributed by atoms with E-state index in [9.17, 15) is 4.79 Å². The van der Waals surface area contributed by atoms with Crippen LogP contribution in [0, 0.1) is 6.92 Å². The molecule has 0 amide bonds. The molecule has 0 spiro atoms. The normalized spacial score (nSPS) is 15.8. The van der Waals surface area contributed by atoms with Crippen LogP contribution < -0.4 is 10.5 Å². The zero-order valence-corrected chi connectivity index (χ0v) is 16.1. The van der Waals surface area contributed by atoms with Gasteiger partial charge in [0.05, 0.1) is 5.69 Å². The predicted octanol–water partition coefficient (Wildman–Crippen LogP) is 0.797. The molecule has 0 bridgehead atoms. The highest BCUT2D eigenvalue weighted by Crippen LogP contribution is 2.28. The number of hydrogen-bond donors (Lipinski definition) is 0. The second-order valence-electron chi connectivity index (χ2n) is 7.38. The van der Waals surface area contributed by atoms with Gasteiger partial charge in [-0.3, -0.25) is 14.0 Å². The van der Waals surface area contributed by atoms with Crippen molar-refractivity contribution in [2.75, 3.05) is 18.0 Å². The Balaban J connectivity index is 1.43. The molecule has 144 valence electrons. The molecule has 1 aliphatic heterocycles. The Hall–Kier alpha value is -3.30. The van der Waals surface area contributed by atoms with Gasteiger partial charge in [-0.2, -0.15) is 19.7 Å². The van der Waals surface area contributed by atoms with Crippen molar-refractivity contribution in [2.45, 2.75) is 25.7 Å². The number of rotatable bonds is 2. The molecule has 1 aliphatic rings. The van der Waals surface area contributed by atoms with Gasteiger partial charge in [-0.15, -0.1) is 10.2 Å². The SMILES string of the molecule is Cc1ccc2nnc(C3CCN(c4nc5nn(C)cc5c(=O)n4C)CC3)n2n1. The third-order valence-corrected chi connectivity index (χ3v) is 5.41. The van der Waals surface area contributed by atoms with E-state index in [0.29, 0.717) is 17.0 Å². The van der Waals surface area contributed by atoms with Crippen LogP contribution >= 0.6 is 0 Å². The molecule has 0 saturated carbocycles. The average Bonchev–Trinajstić information content (AvgIpc) is 3.27. The Morgan fingerprint density at radius 1 is 1.07 bits per heavy atom. The van der Waals surface area contributed by atoms with E-state index < -0.39 is 0 Å². The Morgan fingerprint density at radius 2 is 1.86 bits per heavy atom. The molecule has 0 N–H and O–H groups in total. The first-order valence-electron chi connectivity index (χ1n) is 9.35. The molecular formula is C18H21N9O. The number of piperidine rings is 1. The highest BCUT2D eigenvalue weighted by atomic mass is 16.1. The monoisotopic (exact) mass is 379 g/mol. The van der Waals surface area contributed by atoms with Crippen LogP contribution in [0.25, 0.3) is 16.7 Å². The first-order valence-corrected chi connectivity index (χ1v) is 9.35. The number of aryl methyl sites for hydroxylation is 2. The highest BCUT2D eigenvalue weighted by molar-refractivity contribution is 5.74. The fourth-order valence-corrected chi connectivity index (χ4v) is 3.92. The molecule has 0 atom stereocenters. The van der Waals surface area contributed by atoms with Crippen LogP contribution in [0.1, 0.15) is 30.3 Å². The Morgan fingerprint density at radius 3 is 2.64 bits per heavy atom. The predicted molar refractivity (Wildman–Crippen MR) is 103 cm³/mol. The summed E-state index contributed by atoms with van der Waals surface area (Å²) in [5, 5.41) is 18.0. The van der Waals surface area contributed by atoms with E-state index in [1.807, 2.05) is 23.6 Å². The number of fused-ring (bicyclic) bond motifs is 2. The molecule has 5 heterocycles. The maximum atomic E-state index is 12.6. The molecule has 4 aromatic heterocycles. The molecule has 1 saturated heterocycles. The second-order valence-corrected chi connectivity index (χ2v) is 7.38. The number of hydrogen-bond acceptors (Lipinski definition) is 7. The molecule has 4 aromatic rings. The first-order chi connectivity index (χ1) is 13.5. The van der Waals surface area contributed by atoms with Crippen molar-refractivity contribution in [3.8, 4) is 0 Å². The van der Waals surface area contributed by atoms with Crippen molar-refractivity contribution in [3.05, 3.63) is 40.2 Å². The van der Waals surface area contributed by atoms with Gasteiger partial charge in [-0.05, 0) is 31.9 Å². The van der Waals surface area contributed by atoms with E-state index in [2.05, 4.69) is 30.3 Å². The first kappa shape index (κ1) is 16.8. The lowest BCUT2D eigenvalue weighted by atomic mass is 9.96. The van der Waals surface area contributed by atoms with E-state index >= 15 is 0 Å². The highest BCUT2D eigenvalue weighted by Gasteiger charge is 2.27. The molecule has 0 unspecified atom stereocenters. The number of aromatic nitrogens is 8. The number of nitrogens with zero attached hydrogens (tertiary/aromatic N) is 9. The lowest BCUT2D eigenvalue weighted by Gasteiger charge is -2.32. The largest absolute Gasteiger partial charge is 0.342 e. The molecule has 1 fully saturated rings. The summed E-state index contributed by atoms with van der Waals surface area (Å²) in [4.78, 5) is 19.4. The third kappa shape index (κ3) is 2.55. The minimum Gasteiger partial charge on any atom is -0.342 e. The molecule has 0 radical (unpaired) electrons. The van der Waals surface area contributed by atoms with Gasteiger partial charge in [0.2, 0.25) is 5.95 Å². The lowest BCUT2D eigenvalue weighted by Crippen LogP contribution is -2.38. The van der Waals surface area contributed by atoms with Crippen LogP contribution in [0.4, 0.5) is 5.95 Å². The van der Waals surface area contributed by atoms with E-state index in [-0.39, 0.29) is 11.5 Å². The quantitative estimate of drug-likeness (QED) is 0.508. The van der Waals surface area contributed by atoms with E-state index in [1.165, 1.54) is 0 Å². The zero-order chi connectivity index (χ0) is 19.4. The fraction of sp³-hybridized carbons (Fsp3) is 0.444. The summed E-state index contributed by atoms with van der Waals surface area (Å²) in [6.07, 6.45) is 3.51. The van der Waals surface area contributed by atoms with Crippen LogP contribution in [0.15, 0.2) is 23.1 Å². The average molecular weight is 379 g/mol. The van der Waals surface area contributed by atoms with Crippen molar-refractivity contribution in [1.29, 1.82) is 0 Å². The summed E-state index contributed by atoms with van der Waals surface area (Å²) < 4.78 is 5.09. The van der Waals surface area contributed by atoms with Gasteiger partial charge < -0.3 is 4.90 Å². The third-order valence-electron chi connectivity index (χ3n) is 5.41. The molecule has 0 aliphatic carbocycles. The summed E-state index contributed by atoms with van der Waals surface area (Å²) in [5.74, 6) is 1.84. The fourth-order valence-electron chi connectivity index (χ4n) is 3.92. The van der Waals surface area contributed by atoms with Gasteiger partial charge in [0.1, 0.15) is 5.39 Å². The van der Waals surface area contributed by atoms with E-state index in [4.69, 9.17) is 0 Å². The summed E-state index contributed by atoms with van der Waals surface area (Å²) in [5.41, 5.74) is 2.13. The minimum atomic E-state index is -0.0710. The molecule has 5 rings (SSSR count). The van der Waals surface area contributed by atoms with Crippen LogP contribution in [-0.4, -0.2) is 52.2 Å². The van der Waals surface area contributed by atoms with Crippen LogP contribution in [0.3, 0.4) is 0 Å². The Bertz CT molecular complexity index is 1240. The summed E-state index contributed by atoms with van der Waals surface area (Å²) >= 11 is 0. The second kappa shape index (κ2) is 6.11. The van der Waals surface area contributed by atoms with Crippen LogP contribution in [0.2, 0.25) is 0 Å². The Labute approximate surface area is 160 Å². The van der Waals surface area contributed by atoms with Crippen molar-refractivity contribution in [1.82, 2.24) is 39.1 Å². The van der Waals surface area contributed by atoms with Gasteiger partial charge in [-0.25, -0.2) is 0 Å². The minimum absolute atomic E-state index is 0.0710. The van der Waals surface area contributed by atoms with Gasteiger partial charge in [0.25, 0.3) is 5.56 Å². The number of anilines is 1. The Kier molecular flexibility index (Phi) is 3.68. The van der Waals surface area contributed by atoms with Crippen molar-refractivity contribution < 1.29 is 0 Å². The molecule has 0 aromatic carbocycles. The smallest absolute Gasteiger partial charge is 0.265 e. The topological polar surface area (TPSA) is 99.0 Å². The summed E-state index contributed by atoms with van der Waals surface area (Å²) in [7, 11) is 3.56. The van der Waals surface area contributed by atoms with Crippen molar-refractivity contribution in [2.24, 2.45) is 14.1 Å². The molecule has 28 heavy (non-hydrogen) atoms. The summed E-state index contributed by atoms with van der Waals surface area (Å²) in [6, 6.07) is 3.88. The lowest BCUT2D eigenvalue weighted by molar-refractivity contribution is 0.468. The maximum Gasteiger partial charge on any atom is 0.265 e. The van der Waals surface area contributed by atoms with Gasteiger partial charge in [0, 0.05) is 39.3 Å². The van der Waals surface area contributed by atoms with Crippen molar-refractivity contribution in [3.63, 3.8) is 0 Å². The van der Waals surface area contributed by atoms with E-state index in [0.717, 1.165) is 43.1 Å². The van der Waals surface area contributed by atoms with Crippen LogP contribution in [0.5, 0.6) is 0 Å². The van der Waals surface area contributed by atoms with Crippen LogP contribution in [-0.2, 0) is 14.1 Å². The molecular weight excluding hydrogens is 358 g/mol. The van der Waals surface area contributed by atoms with Gasteiger partial charge >= 0.3 is 0 Å². The van der Waals surface area contributed by atoms with Crippen molar-refractivity contribution >= 4 is 22.6 Å². The maximum absolute atomic E-state index is 12.6. The molecule has 10 nitrogen and oxygen atoms in total.